The molecule has 4 heteroatoms. The third-order valence-electron chi connectivity index (χ3n) is 3.18. The standard InChI is InChI=1S/C15H29NO3/c1-14(2,3)19-13(17)16(11-15(4,5)18)10-12-8-6-7-9-12/h12,18H,6-11H2,1-5H3. The highest BCUT2D eigenvalue weighted by molar-refractivity contribution is 5.68. The van der Waals surface area contributed by atoms with Crippen LogP contribution < -0.4 is 0 Å². The van der Waals surface area contributed by atoms with Gasteiger partial charge in [-0.05, 0) is 53.4 Å². The number of amides is 1. The van der Waals surface area contributed by atoms with E-state index in [9.17, 15) is 9.90 Å². The van der Waals surface area contributed by atoms with Crippen molar-refractivity contribution < 1.29 is 14.6 Å². The molecule has 1 amide bonds. The Morgan fingerprint density at radius 2 is 1.74 bits per heavy atom. The van der Waals surface area contributed by atoms with Crippen molar-refractivity contribution in [3.8, 4) is 0 Å². The molecule has 0 aliphatic heterocycles. The van der Waals surface area contributed by atoms with E-state index in [-0.39, 0.29) is 6.09 Å². The average molecular weight is 271 g/mol. The van der Waals surface area contributed by atoms with Gasteiger partial charge in [-0.1, -0.05) is 12.8 Å². The summed E-state index contributed by atoms with van der Waals surface area (Å²) < 4.78 is 5.43. The van der Waals surface area contributed by atoms with Gasteiger partial charge < -0.3 is 14.7 Å². The van der Waals surface area contributed by atoms with E-state index >= 15 is 0 Å². The normalized spacial score (nSPS) is 17.6. The van der Waals surface area contributed by atoms with Crippen LogP contribution in [0.25, 0.3) is 0 Å². The first kappa shape index (κ1) is 16.3. The first-order valence-electron chi connectivity index (χ1n) is 7.27. The summed E-state index contributed by atoms with van der Waals surface area (Å²) in [5.41, 5.74) is -1.39. The molecule has 0 aromatic carbocycles. The molecule has 1 aliphatic rings. The first-order chi connectivity index (χ1) is 8.57. The molecular formula is C15H29NO3. The number of nitrogens with zero attached hydrogens (tertiary/aromatic N) is 1. The second-order valence-electron chi connectivity index (χ2n) is 7.32. The smallest absolute Gasteiger partial charge is 0.410 e. The van der Waals surface area contributed by atoms with Crippen molar-refractivity contribution in [1.29, 1.82) is 0 Å². The van der Waals surface area contributed by atoms with Gasteiger partial charge >= 0.3 is 6.09 Å². The highest BCUT2D eigenvalue weighted by Crippen LogP contribution is 2.26. The highest BCUT2D eigenvalue weighted by atomic mass is 16.6. The second kappa shape index (κ2) is 6.12. The minimum Gasteiger partial charge on any atom is -0.444 e. The minimum atomic E-state index is -0.893. The molecule has 0 unspecified atom stereocenters. The molecule has 1 rings (SSSR count). The van der Waals surface area contributed by atoms with E-state index in [1.54, 1.807) is 18.7 Å². The number of rotatable bonds is 4. The van der Waals surface area contributed by atoms with Crippen molar-refractivity contribution in [3.05, 3.63) is 0 Å². The van der Waals surface area contributed by atoms with Crippen molar-refractivity contribution in [3.63, 3.8) is 0 Å². The summed E-state index contributed by atoms with van der Waals surface area (Å²) in [7, 11) is 0. The number of hydrogen-bond acceptors (Lipinski definition) is 3. The van der Waals surface area contributed by atoms with Crippen molar-refractivity contribution in [2.75, 3.05) is 13.1 Å². The second-order valence-corrected chi connectivity index (χ2v) is 7.32. The number of carbonyl (C=O) groups excluding carboxylic acids is 1. The molecule has 19 heavy (non-hydrogen) atoms. The lowest BCUT2D eigenvalue weighted by Crippen LogP contribution is -2.46. The summed E-state index contributed by atoms with van der Waals surface area (Å²) in [6.07, 6.45) is 4.52. The van der Waals surface area contributed by atoms with Gasteiger partial charge in [0, 0.05) is 6.54 Å². The summed E-state index contributed by atoms with van der Waals surface area (Å²) >= 11 is 0. The zero-order chi connectivity index (χ0) is 14.7. The van der Waals surface area contributed by atoms with E-state index in [0.29, 0.717) is 19.0 Å². The third kappa shape index (κ3) is 6.81. The average Bonchev–Trinajstić information content (AvgIpc) is 2.64. The number of carbonyl (C=O) groups is 1. The molecule has 0 saturated heterocycles. The predicted octanol–water partition coefficient (Wildman–Crippen LogP) is 3.18. The molecule has 1 N–H and O–H groups in total. The molecular weight excluding hydrogens is 242 g/mol. The Morgan fingerprint density at radius 1 is 1.21 bits per heavy atom. The molecule has 0 heterocycles. The van der Waals surface area contributed by atoms with Crippen LogP contribution in [0, 0.1) is 5.92 Å². The van der Waals surface area contributed by atoms with Crippen LogP contribution in [-0.4, -0.2) is 40.4 Å². The van der Waals surface area contributed by atoms with Gasteiger partial charge in [0.1, 0.15) is 5.60 Å². The fourth-order valence-corrected chi connectivity index (χ4v) is 2.50. The molecule has 1 fully saturated rings. The lowest BCUT2D eigenvalue weighted by atomic mass is 10.1. The fraction of sp³-hybridized carbons (Fsp3) is 0.933. The van der Waals surface area contributed by atoms with Crippen molar-refractivity contribution in [1.82, 2.24) is 4.90 Å². The maximum absolute atomic E-state index is 12.2. The predicted molar refractivity (Wildman–Crippen MR) is 76.1 cm³/mol. The van der Waals surface area contributed by atoms with Crippen molar-refractivity contribution in [2.24, 2.45) is 5.92 Å². The number of hydrogen-bond donors (Lipinski definition) is 1. The largest absolute Gasteiger partial charge is 0.444 e. The molecule has 0 aromatic rings. The van der Waals surface area contributed by atoms with Crippen LogP contribution in [0.4, 0.5) is 4.79 Å². The number of ether oxygens (including phenoxy) is 1. The first-order valence-corrected chi connectivity index (χ1v) is 7.27. The van der Waals surface area contributed by atoms with Gasteiger partial charge in [0.2, 0.25) is 0 Å². The van der Waals surface area contributed by atoms with Crippen LogP contribution in [-0.2, 0) is 4.74 Å². The molecule has 0 radical (unpaired) electrons. The lowest BCUT2D eigenvalue weighted by Gasteiger charge is -2.33. The molecule has 0 aromatic heterocycles. The summed E-state index contributed by atoms with van der Waals surface area (Å²) in [4.78, 5) is 13.9. The van der Waals surface area contributed by atoms with Crippen LogP contribution in [0.5, 0.6) is 0 Å². The Kier molecular flexibility index (Phi) is 5.25. The molecule has 112 valence electrons. The fourth-order valence-electron chi connectivity index (χ4n) is 2.50. The topological polar surface area (TPSA) is 49.8 Å². The van der Waals surface area contributed by atoms with Gasteiger partial charge in [-0.3, -0.25) is 0 Å². The van der Waals surface area contributed by atoms with Crippen molar-refractivity contribution in [2.45, 2.75) is 71.5 Å². The Hall–Kier alpha value is -0.770. The van der Waals surface area contributed by atoms with Gasteiger partial charge in [0.15, 0.2) is 0 Å². The van der Waals surface area contributed by atoms with Crippen LogP contribution >= 0.6 is 0 Å². The van der Waals surface area contributed by atoms with Gasteiger partial charge in [-0.15, -0.1) is 0 Å². The Labute approximate surface area is 117 Å². The molecule has 4 nitrogen and oxygen atoms in total. The van der Waals surface area contributed by atoms with E-state index in [0.717, 1.165) is 0 Å². The maximum atomic E-state index is 12.2. The monoisotopic (exact) mass is 271 g/mol. The van der Waals surface area contributed by atoms with Gasteiger partial charge in [-0.25, -0.2) is 4.79 Å². The Balaban J connectivity index is 2.64. The zero-order valence-electron chi connectivity index (χ0n) is 13.0. The van der Waals surface area contributed by atoms with Gasteiger partial charge in [0.25, 0.3) is 0 Å². The van der Waals surface area contributed by atoms with E-state index in [4.69, 9.17) is 4.74 Å². The summed E-state index contributed by atoms with van der Waals surface area (Å²) in [5, 5.41) is 9.96. The number of aliphatic hydroxyl groups is 1. The van der Waals surface area contributed by atoms with Crippen LogP contribution in [0.15, 0.2) is 0 Å². The molecule has 1 saturated carbocycles. The van der Waals surface area contributed by atoms with E-state index in [1.165, 1.54) is 25.7 Å². The quantitative estimate of drug-likeness (QED) is 0.854. The maximum Gasteiger partial charge on any atom is 0.410 e. The zero-order valence-corrected chi connectivity index (χ0v) is 13.0. The molecule has 0 bridgehead atoms. The van der Waals surface area contributed by atoms with Gasteiger partial charge in [-0.2, -0.15) is 0 Å². The van der Waals surface area contributed by atoms with Crippen LogP contribution in [0.3, 0.4) is 0 Å². The van der Waals surface area contributed by atoms with Crippen LogP contribution in [0.1, 0.15) is 60.3 Å². The summed E-state index contributed by atoms with van der Waals surface area (Å²) in [5.74, 6) is 0.551. The summed E-state index contributed by atoms with van der Waals surface area (Å²) in [6.45, 7) is 10.0. The van der Waals surface area contributed by atoms with Gasteiger partial charge in [0.05, 0.1) is 12.1 Å². The van der Waals surface area contributed by atoms with Crippen molar-refractivity contribution >= 4 is 6.09 Å². The Bertz CT molecular complexity index is 295. The van der Waals surface area contributed by atoms with E-state index in [1.807, 2.05) is 20.8 Å². The molecule has 0 atom stereocenters. The Morgan fingerprint density at radius 3 is 2.16 bits per heavy atom. The van der Waals surface area contributed by atoms with Crippen LogP contribution in [0.2, 0.25) is 0 Å². The SMILES string of the molecule is CC(C)(O)CN(CC1CCCC1)C(=O)OC(C)(C)C. The van der Waals surface area contributed by atoms with E-state index in [2.05, 4.69) is 0 Å². The molecule has 1 aliphatic carbocycles. The lowest BCUT2D eigenvalue weighted by molar-refractivity contribution is -0.00679. The molecule has 0 spiro atoms. The van der Waals surface area contributed by atoms with E-state index < -0.39 is 11.2 Å². The highest BCUT2D eigenvalue weighted by Gasteiger charge is 2.29. The third-order valence-corrected chi connectivity index (χ3v) is 3.18. The summed E-state index contributed by atoms with van der Waals surface area (Å²) in [6, 6.07) is 0. The minimum absolute atomic E-state index is 0.318.